The lowest BCUT2D eigenvalue weighted by Gasteiger charge is -2.16. The fourth-order valence-corrected chi connectivity index (χ4v) is 4.58. The first-order valence-corrected chi connectivity index (χ1v) is 9.22. The summed E-state index contributed by atoms with van der Waals surface area (Å²) in [6, 6.07) is 3.40. The zero-order valence-corrected chi connectivity index (χ0v) is 13.9. The van der Waals surface area contributed by atoms with E-state index in [9.17, 15) is 13.2 Å². The van der Waals surface area contributed by atoms with Gasteiger partial charge < -0.3 is 9.32 Å². The number of aromatic nitrogens is 2. The van der Waals surface area contributed by atoms with Crippen molar-refractivity contribution in [3.8, 4) is 0 Å². The summed E-state index contributed by atoms with van der Waals surface area (Å²) in [6.07, 6.45) is 3.62. The van der Waals surface area contributed by atoms with E-state index in [-0.39, 0.29) is 23.5 Å². The Morgan fingerprint density at radius 1 is 1.52 bits per heavy atom. The zero-order valence-electron chi connectivity index (χ0n) is 13.1. The third kappa shape index (κ3) is 3.17. The van der Waals surface area contributed by atoms with Crippen molar-refractivity contribution in [2.45, 2.75) is 25.9 Å². The smallest absolute Gasteiger partial charge is 0.257 e. The minimum Gasteiger partial charge on any atom is -0.467 e. The molecule has 0 saturated carbocycles. The fourth-order valence-electron chi connectivity index (χ4n) is 2.88. The van der Waals surface area contributed by atoms with Crippen LogP contribution in [-0.4, -0.2) is 47.6 Å². The number of rotatable bonds is 4. The average Bonchev–Trinajstić information content (AvgIpc) is 3.19. The fraction of sp³-hybridized carbons (Fsp3) is 0.467. The first-order valence-electron chi connectivity index (χ1n) is 7.40. The van der Waals surface area contributed by atoms with Crippen LogP contribution in [0.4, 0.5) is 0 Å². The maximum atomic E-state index is 12.6. The number of carbonyl (C=O) groups is 1. The monoisotopic (exact) mass is 337 g/mol. The van der Waals surface area contributed by atoms with Crippen LogP contribution < -0.4 is 0 Å². The predicted octanol–water partition coefficient (Wildman–Crippen LogP) is 1.42. The summed E-state index contributed by atoms with van der Waals surface area (Å²) in [5, 5.41) is 4.25. The van der Waals surface area contributed by atoms with E-state index in [1.165, 1.54) is 6.20 Å². The van der Waals surface area contributed by atoms with Crippen LogP contribution in [0.5, 0.6) is 0 Å². The first kappa shape index (κ1) is 15.8. The molecule has 0 N–H and O–H groups in total. The summed E-state index contributed by atoms with van der Waals surface area (Å²) >= 11 is 0. The Hall–Kier alpha value is -2.09. The molecule has 1 aliphatic heterocycles. The lowest BCUT2D eigenvalue weighted by molar-refractivity contribution is 0.0774. The number of carbonyl (C=O) groups excluding carboxylic acids is 1. The van der Waals surface area contributed by atoms with Gasteiger partial charge in [-0.25, -0.2) is 8.42 Å². The number of nitrogens with zero attached hydrogens (tertiary/aromatic N) is 3. The summed E-state index contributed by atoms with van der Waals surface area (Å²) in [5.74, 6) is 0.808. The molecule has 8 heteroatoms. The van der Waals surface area contributed by atoms with Gasteiger partial charge in [-0.2, -0.15) is 5.10 Å². The van der Waals surface area contributed by atoms with Gasteiger partial charge in [0.1, 0.15) is 5.76 Å². The maximum absolute atomic E-state index is 12.6. The van der Waals surface area contributed by atoms with Crippen LogP contribution in [-0.2, 0) is 16.4 Å². The van der Waals surface area contributed by atoms with Gasteiger partial charge in [-0.1, -0.05) is 0 Å². The summed E-state index contributed by atoms with van der Waals surface area (Å²) in [6.45, 7) is 2.17. The van der Waals surface area contributed by atoms with Gasteiger partial charge in [0.05, 0.1) is 42.1 Å². The molecule has 124 valence electrons. The molecule has 0 aromatic carbocycles. The van der Waals surface area contributed by atoms with Crippen molar-refractivity contribution in [2.75, 3.05) is 18.6 Å². The molecule has 0 unspecified atom stereocenters. The second-order valence-corrected chi connectivity index (χ2v) is 8.11. The normalized spacial score (nSPS) is 19.8. The van der Waals surface area contributed by atoms with Crippen molar-refractivity contribution in [3.63, 3.8) is 0 Å². The third-order valence-electron chi connectivity index (χ3n) is 4.15. The number of furan rings is 1. The van der Waals surface area contributed by atoms with Gasteiger partial charge in [-0.15, -0.1) is 0 Å². The Morgan fingerprint density at radius 3 is 2.91 bits per heavy atom. The standard InChI is InChI=1S/C15H19N3O4S/c1-11-14(15(19)17(2)9-13-4-3-6-22-13)8-16-18(11)12-5-7-23(20,21)10-12/h3-4,6,8,12H,5,7,9-10H2,1-2H3/t12-/m1/s1. The second-order valence-electron chi connectivity index (χ2n) is 5.89. The third-order valence-corrected chi connectivity index (χ3v) is 5.90. The highest BCUT2D eigenvalue weighted by atomic mass is 32.2. The zero-order chi connectivity index (χ0) is 16.6. The molecule has 0 bridgehead atoms. The predicted molar refractivity (Wildman–Crippen MR) is 83.8 cm³/mol. The first-order chi connectivity index (χ1) is 10.9. The van der Waals surface area contributed by atoms with Crippen LogP contribution in [0.1, 0.15) is 34.3 Å². The number of hydrogen-bond donors (Lipinski definition) is 0. The number of hydrogen-bond acceptors (Lipinski definition) is 5. The Kier molecular flexibility index (Phi) is 4.01. The molecule has 0 aliphatic carbocycles. The molecule has 23 heavy (non-hydrogen) atoms. The van der Waals surface area contributed by atoms with Gasteiger partial charge in [0.15, 0.2) is 9.84 Å². The van der Waals surface area contributed by atoms with Crippen LogP contribution in [0.2, 0.25) is 0 Å². The van der Waals surface area contributed by atoms with Crippen molar-refractivity contribution in [1.29, 1.82) is 0 Å². The van der Waals surface area contributed by atoms with Crippen LogP contribution in [0.15, 0.2) is 29.0 Å². The van der Waals surface area contributed by atoms with Crippen LogP contribution in [0.3, 0.4) is 0 Å². The van der Waals surface area contributed by atoms with E-state index < -0.39 is 9.84 Å². The Morgan fingerprint density at radius 2 is 2.30 bits per heavy atom. The Labute approximate surface area is 134 Å². The van der Waals surface area contributed by atoms with Gasteiger partial charge >= 0.3 is 0 Å². The van der Waals surface area contributed by atoms with Crippen molar-refractivity contribution in [2.24, 2.45) is 0 Å². The van der Waals surface area contributed by atoms with E-state index in [0.29, 0.717) is 30.0 Å². The molecular formula is C15H19N3O4S. The molecule has 7 nitrogen and oxygen atoms in total. The van der Waals surface area contributed by atoms with E-state index in [1.54, 1.807) is 35.9 Å². The maximum Gasteiger partial charge on any atom is 0.257 e. The number of sulfone groups is 1. The molecule has 1 amide bonds. The van der Waals surface area contributed by atoms with Crippen molar-refractivity contribution in [1.82, 2.24) is 14.7 Å². The summed E-state index contributed by atoms with van der Waals surface area (Å²) in [5.41, 5.74) is 1.19. The SMILES string of the molecule is Cc1c(C(=O)N(C)Cc2ccco2)cnn1[C@@H]1CCS(=O)(=O)C1. The van der Waals surface area contributed by atoms with Crippen molar-refractivity contribution < 1.29 is 17.6 Å². The molecular weight excluding hydrogens is 318 g/mol. The summed E-state index contributed by atoms with van der Waals surface area (Å²) < 4.78 is 30.2. The summed E-state index contributed by atoms with van der Waals surface area (Å²) in [7, 11) is -1.29. The minimum atomic E-state index is -2.99. The van der Waals surface area contributed by atoms with E-state index in [4.69, 9.17) is 4.42 Å². The van der Waals surface area contributed by atoms with Gasteiger partial charge in [0.2, 0.25) is 0 Å². The molecule has 0 spiro atoms. The average molecular weight is 337 g/mol. The highest BCUT2D eigenvalue weighted by molar-refractivity contribution is 7.91. The van der Waals surface area contributed by atoms with Gasteiger partial charge in [0.25, 0.3) is 5.91 Å². The van der Waals surface area contributed by atoms with Gasteiger partial charge in [0, 0.05) is 12.7 Å². The topological polar surface area (TPSA) is 85.4 Å². The van der Waals surface area contributed by atoms with E-state index in [2.05, 4.69) is 5.10 Å². The van der Waals surface area contributed by atoms with Crippen molar-refractivity contribution >= 4 is 15.7 Å². The molecule has 3 heterocycles. The van der Waals surface area contributed by atoms with E-state index in [1.807, 2.05) is 6.07 Å². The highest BCUT2D eigenvalue weighted by Gasteiger charge is 2.31. The largest absolute Gasteiger partial charge is 0.467 e. The molecule has 1 aliphatic rings. The lowest BCUT2D eigenvalue weighted by Crippen LogP contribution is -2.26. The van der Waals surface area contributed by atoms with Crippen LogP contribution >= 0.6 is 0 Å². The molecule has 0 radical (unpaired) electrons. The van der Waals surface area contributed by atoms with Crippen LogP contribution in [0.25, 0.3) is 0 Å². The lowest BCUT2D eigenvalue weighted by atomic mass is 10.2. The molecule has 2 aromatic heterocycles. The molecule has 1 saturated heterocycles. The van der Waals surface area contributed by atoms with E-state index >= 15 is 0 Å². The molecule has 3 rings (SSSR count). The Balaban J connectivity index is 1.77. The van der Waals surface area contributed by atoms with Crippen molar-refractivity contribution in [3.05, 3.63) is 41.6 Å². The minimum absolute atomic E-state index is 0.0887. The van der Waals surface area contributed by atoms with Gasteiger partial charge in [-0.3, -0.25) is 9.48 Å². The quantitative estimate of drug-likeness (QED) is 0.842. The van der Waals surface area contributed by atoms with Gasteiger partial charge in [-0.05, 0) is 25.5 Å². The second kappa shape index (κ2) is 5.84. The number of amides is 1. The summed E-state index contributed by atoms with van der Waals surface area (Å²) in [4.78, 5) is 14.1. The Bertz CT molecular complexity index is 808. The highest BCUT2D eigenvalue weighted by Crippen LogP contribution is 2.25. The molecule has 1 atom stereocenters. The van der Waals surface area contributed by atoms with E-state index in [0.717, 1.165) is 0 Å². The molecule has 1 fully saturated rings. The van der Waals surface area contributed by atoms with Crippen LogP contribution in [0, 0.1) is 6.92 Å². The molecule has 2 aromatic rings.